The van der Waals surface area contributed by atoms with Crippen LogP contribution in [0.15, 0.2) is 35.3 Å². The normalized spacial score (nSPS) is 18.3. The molecule has 0 radical (unpaired) electrons. The molecule has 2 amide bonds. The largest absolute Gasteiger partial charge is 0.444 e. The van der Waals surface area contributed by atoms with E-state index in [1.807, 2.05) is 60.7 Å². The summed E-state index contributed by atoms with van der Waals surface area (Å²) < 4.78 is 7.31. The van der Waals surface area contributed by atoms with Crippen molar-refractivity contribution in [2.45, 2.75) is 96.7 Å². The monoisotopic (exact) mass is 481 g/mol. The van der Waals surface area contributed by atoms with Gasteiger partial charge in [0.25, 0.3) is 5.56 Å². The van der Waals surface area contributed by atoms with Crippen LogP contribution < -0.4 is 10.5 Å². The quantitative estimate of drug-likeness (QED) is 0.531. The van der Waals surface area contributed by atoms with E-state index in [2.05, 4.69) is 0 Å². The number of aromatic nitrogens is 1. The van der Waals surface area contributed by atoms with E-state index in [0.29, 0.717) is 31.3 Å². The third kappa shape index (κ3) is 5.71. The number of amides is 2. The number of fused-ring (bicyclic) bond motifs is 1. The van der Waals surface area contributed by atoms with Gasteiger partial charge in [0.1, 0.15) is 5.60 Å². The highest BCUT2D eigenvalue weighted by Crippen LogP contribution is 2.32. The molecule has 1 aliphatic heterocycles. The minimum absolute atomic E-state index is 0.0278. The predicted octanol–water partition coefficient (Wildman–Crippen LogP) is 5.65. The molecule has 1 aliphatic carbocycles. The molecule has 4 rings (SSSR count). The van der Waals surface area contributed by atoms with E-state index in [0.717, 1.165) is 36.8 Å². The van der Waals surface area contributed by atoms with Crippen molar-refractivity contribution in [1.82, 2.24) is 9.47 Å². The lowest BCUT2D eigenvalue weighted by atomic mass is 10.0. The number of benzene rings is 1. The second kappa shape index (κ2) is 10.4. The maximum absolute atomic E-state index is 13.6. The number of likely N-dealkylation sites (tertiary alicyclic amines) is 1. The number of hydrogen-bond donors (Lipinski definition) is 0. The number of ether oxygens (including phenoxy) is 1. The van der Waals surface area contributed by atoms with Crippen LogP contribution in [0, 0.1) is 0 Å². The van der Waals surface area contributed by atoms with Gasteiger partial charge in [-0.25, -0.2) is 4.79 Å². The number of nitrogens with zero attached hydrogens (tertiary/aromatic N) is 3. The average Bonchev–Trinajstić information content (AvgIpc) is 3.08. The first kappa shape index (κ1) is 25.3. The molecule has 2 aromatic rings. The maximum Gasteiger partial charge on any atom is 0.410 e. The van der Waals surface area contributed by atoms with Crippen LogP contribution in [0.3, 0.4) is 0 Å². The van der Waals surface area contributed by atoms with Gasteiger partial charge in [0.05, 0.1) is 5.69 Å². The molecule has 2 fully saturated rings. The Hall–Kier alpha value is -2.83. The van der Waals surface area contributed by atoms with Crippen molar-refractivity contribution in [2.75, 3.05) is 18.0 Å². The van der Waals surface area contributed by atoms with Crippen LogP contribution in [0.5, 0.6) is 0 Å². The van der Waals surface area contributed by atoms with Crippen molar-refractivity contribution in [1.29, 1.82) is 0 Å². The summed E-state index contributed by atoms with van der Waals surface area (Å²) >= 11 is 0. The number of rotatable bonds is 3. The topological polar surface area (TPSA) is 71.9 Å². The Kier molecular flexibility index (Phi) is 7.53. The molecule has 0 atom stereocenters. The SMILES string of the molecule is CC(=O)N(c1cccc2c(=O)n(C3CCN(C(=O)OC(C)(C)C)CC3)ccc12)C1CCCCCC1. The molecule has 0 unspecified atom stereocenters. The van der Waals surface area contributed by atoms with Gasteiger partial charge in [0, 0.05) is 49.1 Å². The van der Waals surface area contributed by atoms with Gasteiger partial charge in [0.2, 0.25) is 5.91 Å². The van der Waals surface area contributed by atoms with Crippen LogP contribution in [0.25, 0.3) is 10.8 Å². The standard InChI is InChI=1S/C28H39N3O4/c1-20(32)31(22-10-7-5-6-8-11-22)25-13-9-12-24-23(25)16-19-30(26(24)33)21-14-17-29(18-15-21)27(34)35-28(2,3)4/h9,12-13,16,19,21-22H,5-8,10-11,14-15,17-18H2,1-4H3. The molecular weight excluding hydrogens is 442 g/mol. The summed E-state index contributed by atoms with van der Waals surface area (Å²) in [6.45, 7) is 8.34. The number of hydrogen-bond acceptors (Lipinski definition) is 4. The zero-order valence-corrected chi connectivity index (χ0v) is 21.6. The van der Waals surface area contributed by atoms with Crippen molar-refractivity contribution >= 4 is 28.5 Å². The molecule has 35 heavy (non-hydrogen) atoms. The highest BCUT2D eigenvalue weighted by atomic mass is 16.6. The fourth-order valence-corrected chi connectivity index (χ4v) is 5.57. The summed E-state index contributed by atoms with van der Waals surface area (Å²) in [6.07, 6.45) is 9.68. The molecule has 190 valence electrons. The van der Waals surface area contributed by atoms with E-state index in [-0.39, 0.29) is 29.6 Å². The van der Waals surface area contributed by atoms with Crippen molar-refractivity contribution < 1.29 is 14.3 Å². The number of carbonyl (C=O) groups excluding carboxylic acids is 2. The lowest BCUT2D eigenvalue weighted by Gasteiger charge is -2.34. The Bertz CT molecular complexity index is 1120. The number of pyridine rings is 1. The van der Waals surface area contributed by atoms with Gasteiger partial charge in [0.15, 0.2) is 0 Å². The first-order valence-corrected chi connectivity index (χ1v) is 13.1. The van der Waals surface area contributed by atoms with Crippen LogP contribution in [-0.2, 0) is 9.53 Å². The van der Waals surface area contributed by atoms with E-state index in [4.69, 9.17) is 4.74 Å². The molecule has 2 aliphatic rings. The Morgan fingerprint density at radius 2 is 1.60 bits per heavy atom. The molecule has 1 aromatic carbocycles. The van der Waals surface area contributed by atoms with E-state index < -0.39 is 5.60 Å². The van der Waals surface area contributed by atoms with Crippen LogP contribution in [0.1, 0.15) is 85.1 Å². The Labute approximate surface area is 208 Å². The van der Waals surface area contributed by atoms with Crippen LogP contribution in [0.2, 0.25) is 0 Å². The maximum atomic E-state index is 13.6. The van der Waals surface area contributed by atoms with Gasteiger partial charge >= 0.3 is 6.09 Å². The van der Waals surface area contributed by atoms with Gasteiger partial charge in [-0.05, 0) is 64.7 Å². The number of piperidine rings is 1. The second-order valence-electron chi connectivity index (χ2n) is 11.0. The molecular formula is C28H39N3O4. The zero-order chi connectivity index (χ0) is 25.2. The van der Waals surface area contributed by atoms with Crippen molar-refractivity contribution in [3.8, 4) is 0 Å². The van der Waals surface area contributed by atoms with Gasteiger partial charge in [-0.15, -0.1) is 0 Å². The van der Waals surface area contributed by atoms with Gasteiger partial charge in [-0.3, -0.25) is 9.59 Å². The molecule has 0 bridgehead atoms. The molecule has 0 spiro atoms. The summed E-state index contributed by atoms with van der Waals surface area (Å²) in [5.41, 5.74) is 0.279. The minimum atomic E-state index is -0.522. The molecule has 7 heteroatoms. The van der Waals surface area contributed by atoms with E-state index in [1.165, 1.54) is 12.8 Å². The van der Waals surface area contributed by atoms with Crippen molar-refractivity contribution in [3.05, 3.63) is 40.8 Å². The molecule has 0 N–H and O–H groups in total. The van der Waals surface area contributed by atoms with Crippen LogP contribution in [-0.4, -0.2) is 46.2 Å². The van der Waals surface area contributed by atoms with Gasteiger partial charge in [-0.2, -0.15) is 0 Å². The van der Waals surface area contributed by atoms with Crippen molar-refractivity contribution in [2.24, 2.45) is 0 Å². The lowest BCUT2D eigenvalue weighted by Crippen LogP contribution is -2.43. The number of carbonyl (C=O) groups is 2. The molecule has 1 saturated heterocycles. The van der Waals surface area contributed by atoms with Gasteiger partial charge < -0.3 is 19.1 Å². The summed E-state index contributed by atoms with van der Waals surface area (Å²) in [7, 11) is 0. The first-order chi connectivity index (χ1) is 16.7. The van der Waals surface area contributed by atoms with E-state index >= 15 is 0 Å². The Morgan fingerprint density at radius 3 is 2.20 bits per heavy atom. The highest BCUT2D eigenvalue weighted by Gasteiger charge is 2.29. The summed E-state index contributed by atoms with van der Waals surface area (Å²) in [5, 5.41) is 1.47. The summed E-state index contributed by atoms with van der Waals surface area (Å²) in [6, 6.07) is 7.91. The second-order valence-corrected chi connectivity index (χ2v) is 11.0. The summed E-state index contributed by atoms with van der Waals surface area (Å²) in [5.74, 6) is 0.0306. The molecule has 1 saturated carbocycles. The fourth-order valence-electron chi connectivity index (χ4n) is 5.57. The zero-order valence-electron chi connectivity index (χ0n) is 21.6. The van der Waals surface area contributed by atoms with Crippen LogP contribution >= 0.6 is 0 Å². The highest BCUT2D eigenvalue weighted by molar-refractivity contribution is 6.03. The minimum Gasteiger partial charge on any atom is -0.444 e. The fraction of sp³-hybridized carbons (Fsp3) is 0.607. The number of anilines is 1. The Morgan fingerprint density at radius 1 is 0.943 bits per heavy atom. The molecule has 2 heterocycles. The molecule has 1 aromatic heterocycles. The van der Waals surface area contributed by atoms with Crippen LogP contribution in [0.4, 0.5) is 10.5 Å². The first-order valence-electron chi connectivity index (χ1n) is 13.1. The van der Waals surface area contributed by atoms with Crippen molar-refractivity contribution in [3.63, 3.8) is 0 Å². The summed E-state index contributed by atoms with van der Waals surface area (Å²) in [4.78, 5) is 42.4. The lowest BCUT2D eigenvalue weighted by molar-refractivity contribution is -0.117. The molecule has 7 nitrogen and oxygen atoms in total. The van der Waals surface area contributed by atoms with E-state index in [9.17, 15) is 14.4 Å². The van der Waals surface area contributed by atoms with Gasteiger partial charge in [-0.1, -0.05) is 31.7 Å². The average molecular weight is 482 g/mol. The smallest absolute Gasteiger partial charge is 0.410 e. The van der Waals surface area contributed by atoms with E-state index in [1.54, 1.807) is 11.8 Å². The third-order valence-electron chi connectivity index (χ3n) is 7.25. The third-order valence-corrected chi connectivity index (χ3v) is 7.25. The Balaban J connectivity index is 1.58. The predicted molar refractivity (Wildman–Crippen MR) is 139 cm³/mol.